The zero-order chi connectivity index (χ0) is 82.9. The summed E-state index contributed by atoms with van der Waals surface area (Å²) in [6.45, 7) is 11.4. The second-order valence-electron chi connectivity index (χ2n) is 27.5. The second-order valence-corrected chi connectivity index (χ2v) is 30.4. The van der Waals surface area contributed by atoms with Crippen LogP contribution in [0.1, 0.15) is 47.3 Å². The standard InChI is InChI=1S/C19H13ClN6.C18H14ClN5.2C16H13ClN6.C16H12ClN5S.CH4/c1-11-16(10-21)24-18(19(23-11)15-5-7-26(2)25-15)13-8-12-4-3-6-22-17(12)14(20)9-13;1-11-10-21-17(18(22-11)15-5-7-24(2)23-15)13-8-12-4-3-6-20-16(12)14(19)9-13;1-9-7-18-15(16(20-9)13-3-4-23(2)22-13)10-5-11-8-19-21-14(11)12(17)6-10;1-9-3-4-23(22-9)16-15(18-7-10(2)20-16)11-5-12-8-19-21-14(12)13(17)6-11;1-9-7-18-14(16(20-9)12-3-4-22(2)21-12)10-5-11(17)15-13(6-10)23-8-19-15;/h3-9H,1-2H3;3-10H,1-2H3;2*3-8H,1-2H3,(H,19,21);3-8H,1-2H3;1H4. The van der Waals surface area contributed by atoms with E-state index < -0.39 is 0 Å². The third-order valence-electron chi connectivity index (χ3n) is 18.6. The summed E-state index contributed by atoms with van der Waals surface area (Å²) in [5.74, 6) is 0.678. The lowest BCUT2D eigenvalue weighted by Gasteiger charge is -2.10. The molecular formula is C86H69Cl5N28S. The van der Waals surface area contributed by atoms with Crippen LogP contribution < -0.4 is 0 Å². The number of pyridine rings is 2. The fourth-order valence-corrected chi connectivity index (χ4v) is 15.2. The van der Waals surface area contributed by atoms with Gasteiger partial charge in [-0.25, -0.2) is 39.6 Å². The molecule has 15 heterocycles. The Morgan fingerprint density at radius 2 is 0.750 bits per heavy atom. The van der Waals surface area contributed by atoms with Crippen LogP contribution >= 0.6 is 69.3 Å². The Balaban J connectivity index is 0.000000117. The van der Waals surface area contributed by atoms with Crippen LogP contribution in [0.3, 0.4) is 0 Å². The number of aromatic amines is 2. The number of nitriles is 1. The van der Waals surface area contributed by atoms with Crippen LogP contribution in [0, 0.1) is 52.9 Å². The molecule has 34 heteroatoms. The van der Waals surface area contributed by atoms with Crippen LogP contribution in [-0.2, 0) is 28.2 Å². The van der Waals surface area contributed by atoms with Gasteiger partial charge in [-0.1, -0.05) is 77.6 Å². The number of hydrogen-bond donors (Lipinski definition) is 2. The smallest absolute Gasteiger partial charge is 0.180 e. The highest BCUT2D eigenvalue weighted by Gasteiger charge is 2.23. The molecule has 28 nitrogen and oxygen atoms in total. The molecule has 0 aliphatic rings. The Morgan fingerprint density at radius 3 is 1.18 bits per heavy atom. The van der Waals surface area contributed by atoms with Gasteiger partial charge in [-0.3, -0.25) is 58.8 Å². The third kappa shape index (κ3) is 17.3. The minimum Gasteiger partial charge on any atom is -0.276 e. The van der Waals surface area contributed by atoms with Gasteiger partial charge in [-0.2, -0.15) is 41.0 Å². The van der Waals surface area contributed by atoms with E-state index in [9.17, 15) is 5.26 Å². The topological polar surface area (TPSA) is 338 Å². The molecule has 0 unspecified atom stereocenters. The van der Waals surface area contributed by atoms with E-state index in [2.05, 4.69) is 117 Å². The van der Waals surface area contributed by atoms with Gasteiger partial charge in [0.05, 0.1) is 132 Å². The minimum atomic E-state index is 0. The van der Waals surface area contributed by atoms with Crippen LogP contribution in [0.15, 0.2) is 201 Å². The quantitative estimate of drug-likeness (QED) is 0.128. The van der Waals surface area contributed by atoms with Crippen LogP contribution in [0.2, 0.25) is 25.1 Å². The number of hydrogen-bond acceptors (Lipinski definition) is 22. The maximum atomic E-state index is 9.37. The summed E-state index contributed by atoms with van der Waals surface area (Å²) >= 11 is 33.5. The van der Waals surface area contributed by atoms with Gasteiger partial charge in [-0.15, -0.1) is 11.3 Å². The van der Waals surface area contributed by atoms with Crippen molar-refractivity contribution in [3.63, 3.8) is 0 Å². The van der Waals surface area contributed by atoms with Crippen molar-refractivity contribution < 1.29 is 0 Å². The van der Waals surface area contributed by atoms with E-state index in [0.717, 1.165) is 167 Å². The van der Waals surface area contributed by atoms with E-state index >= 15 is 0 Å². The van der Waals surface area contributed by atoms with E-state index in [1.54, 1.807) is 103 Å². The summed E-state index contributed by atoms with van der Waals surface area (Å²) in [5.41, 5.74) is 24.6. The molecule has 0 fully saturated rings. The molecule has 594 valence electrons. The molecular weight excluding hydrogens is 1630 g/mol. The molecule has 0 aliphatic heterocycles. The second kappa shape index (κ2) is 34.8. The van der Waals surface area contributed by atoms with Crippen LogP contribution in [0.5, 0.6) is 0 Å². The fourth-order valence-electron chi connectivity index (χ4n) is 13.1. The Morgan fingerprint density at radius 1 is 0.358 bits per heavy atom. The number of aromatic nitrogens is 27. The van der Waals surface area contributed by atoms with E-state index in [1.165, 1.54) is 0 Å². The molecule has 0 bridgehead atoms. The molecule has 0 aliphatic carbocycles. The predicted octanol–water partition coefficient (Wildman–Crippen LogP) is 19.6. The zero-order valence-corrected chi connectivity index (χ0v) is 69.6. The summed E-state index contributed by atoms with van der Waals surface area (Å²) < 4.78 is 9.71. The molecule has 0 radical (unpaired) electrons. The first-order chi connectivity index (χ1) is 57.5. The lowest BCUT2D eigenvalue weighted by molar-refractivity contribution is 0.769. The number of fused-ring (bicyclic) bond motifs is 5. The van der Waals surface area contributed by atoms with Crippen molar-refractivity contribution >= 4 is 123 Å². The monoisotopic (exact) mass is 1700 g/mol. The van der Waals surface area contributed by atoms with Gasteiger partial charge < -0.3 is 0 Å². The summed E-state index contributed by atoms with van der Waals surface area (Å²) in [6, 6.07) is 38.6. The maximum Gasteiger partial charge on any atom is 0.180 e. The number of nitrogens with one attached hydrogen (secondary N) is 2. The van der Waals surface area contributed by atoms with Gasteiger partial charge in [0, 0.05) is 146 Å². The molecule has 120 heavy (non-hydrogen) atoms. The molecule has 20 aromatic rings. The first-order valence-electron chi connectivity index (χ1n) is 36.6. The van der Waals surface area contributed by atoms with Crippen LogP contribution in [0.25, 0.3) is 161 Å². The normalized spacial score (nSPS) is 11.1. The number of benzene rings is 5. The number of thiazole rings is 1. The lowest BCUT2D eigenvalue weighted by Crippen LogP contribution is -2.04. The van der Waals surface area contributed by atoms with Crippen molar-refractivity contribution in [2.75, 3.05) is 0 Å². The Labute approximate surface area is 714 Å². The van der Waals surface area contributed by atoms with Gasteiger partial charge in [0.1, 0.15) is 57.3 Å². The largest absolute Gasteiger partial charge is 0.276 e. The molecule has 0 atom stereocenters. The molecule has 5 aromatic carbocycles. The third-order valence-corrected chi connectivity index (χ3v) is 20.8. The molecule has 20 rings (SSSR count). The van der Waals surface area contributed by atoms with Crippen molar-refractivity contribution in [2.45, 2.75) is 49.0 Å². The Hall–Kier alpha value is -13.9. The number of H-pyrrole nitrogens is 2. The minimum absolute atomic E-state index is 0. The summed E-state index contributed by atoms with van der Waals surface area (Å²) in [5, 5.41) is 52.1. The van der Waals surface area contributed by atoms with E-state index in [1.807, 2.05) is 203 Å². The summed E-state index contributed by atoms with van der Waals surface area (Å²) in [6.07, 6.45) is 23.3. The number of rotatable bonds is 10. The van der Waals surface area contributed by atoms with E-state index in [4.69, 9.17) is 58.0 Å². The first kappa shape index (κ1) is 81.3. The zero-order valence-electron chi connectivity index (χ0n) is 65.0. The van der Waals surface area contributed by atoms with Crippen molar-refractivity contribution in [3.05, 3.63) is 266 Å². The van der Waals surface area contributed by atoms with Gasteiger partial charge in [-0.05, 0) is 145 Å². The average Bonchev–Trinajstić information content (AvgIpc) is 1.27. The highest BCUT2D eigenvalue weighted by atomic mass is 35.5. The predicted molar refractivity (Wildman–Crippen MR) is 471 cm³/mol. The van der Waals surface area contributed by atoms with Crippen molar-refractivity contribution in [3.8, 4) is 114 Å². The number of nitrogens with zero attached hydrogens (tertiary/aromatic N) is 26. The summed E-state index contributed by atoms with van der Waals surface area (Å²) in [7, 11) is 7.48. The Bertz CT molecular complexity index is 6890. The fraction of sp³-hybridized carbons (Fsp3) is 0.128. The summed E-state index contributed by atoms with van der Waals surface area (Å²) in [4.78, 5) is 58.9. The van der Waals surface area contributed by atoms with Gasteiger partial charge in [0.2, 0.25) is 0 Å². The molecule has 0 saturated heterocycles. The molecule has 0 amide bonds. The van der Waals surface area contributed by atoms with Crippen molar-refractivity contribution in [2.24, 2.45) is 28.2 Å². The number of aryl methyl sites for hydroxylation is 10. The molecule has 2 N–H and O–H groups in total. The van der Waals surface area contributed by atoms with E-state index in [0.29, 0.717) is 53.7 Å². The molecule has 15 aromatic heterocycles. The maximum absolute atomic E-state index is 9.37. The number of halogens is 5. The average molecular weight is 1700 g/mol. The molecule has 0 saturated carbocycles. The van der Waals surface area contributed by atoms with Gasteiger partial charge in [0.25, 0.3) is 0 Å². The first-order valence-corrected chi connectivity index (χ1v) is 39.3. The van der Waals surface area contributed by atoms with Crippen LogP contribution in [-0.4, -0.2) is 134 Å². The van der Waals surface area contributed by atoms with Gasteiger partial charge >= 0.3 is 0 Å². The van der Waals surface area contributed by atoms with Crippen LogP contribution in [0.4, 0.5) is 0 Å². The lowest BCUT2D eigenvalue weighted by atomic mass is 10.0. The molecule has 0 spiro atoms. The van der Waals surface area contributed by atoms with E-state index in [-0.39, 0.29) is 13.1 Å². The Kier molecular flexibility index (Phi) is 23.5. The van der Waals surface area contributed by atoms with Crippen molar-refractivity contribution in [1.29, 1.82) is 5.26 Å². The highest BCUT2D eigenvalue weighted by molar-refractivity contribution is 7.16. The highest BCUT2D eigenvalue weighted by Crippen LogP contribution is 2.40. The SMILES string of the molecule is C.Cc1cnc(-c2cc(Cl)c3[nH]ncc3c2)c(-c2ccn(C)n2)n1.Cc1cnc(-c2cc(Cl)c3[nH]ncc3c2)c(-n2ccc(C)n2)n1.Cc1cnc(-c2cc(Cl)c3ncccc3c2)c(-c2ccn(C)n2)n1.Cc1cnc(-c2cc(Cl)c3ncsc3c2)c(-c2ccn(C)n2)n1.Cc1nc(-c2ccn(C)n2)c(-c2cc(Cl)c3ncccc3c2)nc1C#N. The van der Waals surface area contributed by atoms with Crippen molar-refractivity contribution in [1.82, 2.24) is 134 Å². The van der Waals surface area contributed by atoms with Gasteiger partial charge in [0.15, 0.2) is 11.5 Å².